The topological polar surface area (TPSA) is 89.9 Å². The fourth-order valence-corrected chi connectivity index (χ4v) is 4.48. The first kappa shape index (κ1) is 41.5. The molecule has 1 N–H and O–H groups in total. The van der Waals surface area contributed by atoms with Gasteiger partial charge in [0, 0.05) is 19.3 Å². The van der Waals surface area contributed by atoms with Crippen LogP contribution in [0.3, 0.4) is 0 Å². The van der Waals surface area contributed by atoms with E-state index in [1.807, 2.05) is 24.3 Å². The van der Waals surface area contributed by atoms with Gasteiger partial charge in [-0.1, -0.05) is 134 Å². The number of ketones is 1. The number of carbonyl (C=O) groups excluding carboxylic acids is 3. The van der Waals surface area contributed by atoms with Crippen LogP contribution >= 0.6 is 0 Å². The van der Waals surface area contributed by atoms with Crippen molar-refractivity contribution in [3.63, 3.8) is 0 Å². The summed E-state index contributed by atoms with van der Waals surface area (Å²) in [6.45, 7) is 6.40. The van der Waals surface area contributed by atoms with Gasteiger partial charge in [0.2, 0.25) is 0 Å². The van der Waals surface area contributed by atoms with Crippen LogP contribution in [0.15, 0.2) is 48.6 Å². The molecule has 252 valence electrons. The molecule has 0 bridgehead atoms. The molecule has 0 aromatic carbocycles. The van der Waals surface area contributed by atoms with E-state index in [1.54, 1.807) is 6.08 Å². The van der Waals surface area contributed by atoms with Gasteiger partial charge in [0.25, 0.3) is 0 Å². The highest BCUT2D eigenvalue weighted by Crippen LogP contribution is 2.15. The molecule has 0 fully saturated rings. The van der Waals surface area contributed by atoms with E-state index in [2.05, 4.69) is 39.0 Å². The zero-order valence-corrected chi connectivity index (χ0v) is 28.3. The number of aliphatic hydroxyl groups excluding tert-OH is 1. The van der Waals surface area contributed by atoms with Crippen LogP contribution in [0, 0.1) is 5.92 Å². The van der Waals surface area contributed by atoms with Gasteiger partial charge in [-0.25, -0.2) is 0 Å². The van der Waals surface area contributed by atoms with E-state index < -0.39 is 6.10 Å². The Bertz CT molecular complexity index is 825. The zero-order chi connectivity index (χ0) is 32.5. The van der Waals surface area contributed by atoms with Crippen molar-refractivity contribution in [2.24, 2.45) is 5.92 Å². The Morgan fingerprint density at radius 2 is 1.18 bits per heavy atom. The Hall–Kier alpha value is -2.47. The molecule has 2 atom stereocenters. The smallest absolute Gasteiger partial charge is 0.305 e. The third-order valence-corrected chi connectivity index (χ3v) is 7.58. The number of carbonyl (C=O) groups is 3. The van der Waals surface area contributed by atoms with Crippen molar-refractivity contribution in [3.05, 3.63) is 48.6 Å². The second-order valence-electron chi connectivity index (χ2n) is 11.9. The van der Waals surface area contributed by atoms with Gasteiger partial charge >= 0.3 is 11.9 Å². The van der Waals surface area contributed by atoms with Crippen molar-refractivity contribution < 1.29 is 29.0 Å². The van der Waals surface area contributed by atoms with Gasteiger partial charge < -0.3 is 14.6 Å². The van der Waals surface area contributed by atoms with Crippen LogP contribution in [0.4, 0.5) is 0 Å². The third kappa shape index (κ3) is 31.0. The van der Waals surface area contributed by atoms with E-state index in [9.17, 15) is 19.5 Å². The van der Waals surface area contributed by atoms with Crippen molar-refractivity contribution in [2.45, 2.75) is 155 Å². The molecule has 0 aromatic heterocycles. The summed E-state index contributed by atoms with van der Waals surface area (Å²) in [5.74, 6) is 0.369. The number of allylic oxidation sites excluding steroid dienone is 8. The van der Waals surface area contributed by atoms with Gasteiger partial charge in [-0.2, -0.15) is 0 Å². The van der Waals surface area contributed by atoms with Crippen LogP contribution in [0.25, 0.3) is 0 Å². The maximum Gasteiger partial charge on any atom is 0.305 e. The molecule has 0 aliphatic rings. The molecule has 0 spiro atoms. The lowest BCUT2D eigenvalue weighted by atomic mass is 9.99. The lowest BCUT2D eigenvalue weighted by Crippen LogP contribution is -2.25. The molecule has 6 heteroatoms. The van der Waals surface area contributed by atoms with E-state index in [0.29, 0.717) is 19.3 Å². The van der Waals surface area contributed by atoms with Gasteiger partial charge in [0.05, 0.1) is 0 Å². The first-order valence-corrected chi connectivity index (χ1v) is 17.5. The Kier molecular flexibility index (Phi) is 30.1. The van der Waals surface area contributed by atoms with Crippen LogP contribution in [0.5, 0.6) is 0 Å². The summed E-state index contributed by atoms with van der Waals surface area (Å²) in [6.07, 6.45) is 34.3. The first-order chi connectivity index (χ1) is 21.4. The van der Waals surface area contributed by atoms with Crippen LogP contribution in [-0.2, 0) is 23.9 Å². The molecular formula is C38H64O6. The average Bonchev–Trinajstić information content (AvgIpc) is 3.01. The number of hydrogen-bond acceptors (Lipinski definition) is 6. The Morgan fingerprint density at radius 3 is 1.82 bits per heavy atom. The summed E-state index contributed by atoms with van der Waals surface area (Å²) < 4.78 is 10.2. The van der Waals surface area contributed by atoms with Gasteiger partial charge in [-0.05, 0) is 50.5 Å². The van der Waals surface area contributed by atoms with E-state index >= 15 is 0 Å². The van der Waals surface area contributed by atoms with Gasteiger partial charge in [0.15, 0.2) is 5.78 Å². The van der Waals surface area contributed by atoms with Crippen LogP contribution < -0.4 is 0 Å². The van der Waals surface area contributed by atoms with E-state index in [-0.39, 0.29) is 37.4 Å². The predicted octanol–water partition coefficient (Wildman–Crippen LogP) is 9.71. The number of rotatable bonds is 30. The molecule has 0 aliphatic heterocycles. The Balaban J connectivity index is 3.64. The minimum atomic E-state index is -1.00. The molecule has 0 aromatic rings. The zero-order valence-electron chi connectivity index (χ0n) is 28.3. The number of esters is 2. The van der Waals surface area contributed by atoms with Crippen molar-refractivity contribution in [1.29, 1.82) is 0 Å². The Morgan fingerprint density at radius 1 is 0.636 bits per heavy atom. The minimum Gasteiger partial charge on any atom is -0.463 e. The summed E-state index contributed by atoms with van der Waals surface area (Å²) in [7, 11) is 0. The number of unbranched alkanes of at least 4 members (excludes halogenated alkanes) is 10. The lowest BCUT2D eigenvalue weighted by molar-refractivity contribution is -0.152. The summed E-state index contributed by atoms with van der Waals surface area (Å²) in [6, 6.07) is 0. The summed E-state index contributed by atoms with van der Waals surface area (Å²) in [5.41, 5.74) is 0. The minimum absolute atomic E-state index is 0.149. The third-order valence-electron chi connectivity index (χ3n) is 7.58. The van der Waals surface area contributed by atoms with Gasteiger partial charge in [-0.15, -0.1) is 0 Å². The van der Waals surface area contributed by atoms with Crippen molar-refractivity contribution >= 4 is 17.7 Å². The molecule has 0 aliphatic carbocycles. The first-order valence-electron chi connectivity index (χ1n) is 17.5. The number of hydrogen-bond donors (Lipinski definition) is 1. The highest BCUT2D eigenvalue weighted by atomic mass is 16.6. The summed E-state index contributed by atoms with van der Waals surface area (Å²) in [4.78, 5) is 35.4. The largest absolute Gasteiger partial charge is 0.463 e. The molecule has 0 saturated heterocycles. The van der Waals surface area contributed by atoms with Crippen molar-refractivity contribution in [3.8, 4) is 0 Å². The second kappa shape index (κ2) is 31.9. The maximum absolute atomic E-state index is 11.9. The molecule has 6 nitrogen and oxygen atoms in total. The van der Waals surface area contributed by atoms with E-state index in [1.165, 1.54) is 44.9 Å². The molecule has 0 saturated carbocycles. The second-order valence-corrected chi connectivity index (χ2v) is 11.9. The lowest BCUT2D eigenvalue weighted by Gasteiger charge is -2.12. The molecule has 0 radical (unpaired) electrons. The van der Waals surface area contributed by atoms with Gasteiger partial charge in [-0.3, -0.25) is 14.4 Å². The van der Waals surface area contributed by atoms with Crippen molar-refractivity contribution in [1.82, 2.24) is 0 Å². The number of aliphatic hydroxyl groups is 1. The molecular weight excluding hydrogens is 552 g/mol. The average molecular weight is 617 g/mol. The van der Waals surface area contributed by atoms with E-state index in [0.717, 1.165) is 63.7 Å². The predicted molar refractivity (Wildman–Crippen MR) is 182 cm³/mol. The Labute approximate surface area is 269 Å². The highest BCUT2D eigenvalue weighted by Gasteiger charge is 2.12. The summed E-state index contributed by atoms with van der Waals surface area (Å²) >= 11 is 0. The SMILES string of the molecule is CCCCCC(=O)/C=C/C=C\C/C=C\C/C=C\CCCC(=O)OC[C@@H](O)COC(=O)CCCCCCCCCCC(C)CC. The molecule has 0 heterocycles. The normalized spacial score (nSPS) is 13.4. The fourth-order valence-electron chi connectivity index (χ4n) is 4.48. The quantitative estimate of drug-likeness (QED) is 0.0284. The van der Waals surface area contributed by atoms with E-state index in [4.69, 9.17) is 9.47 Å². The molecule has 0 rings (SSSR count). The molecule has 44 heavy (non-hydrogen) atoms. The van der Waals surface area contributed by atoms with Crippen LogP contribution in [0.2, 0.25) is 0 Å². The van der Waals surface area contributed by atoms with Crippen LogP contribution in [-0.4, -0.2) is 42.1 Å². The monoisotopic (exact) mass is 616 g/mol. The maximum atomic E-state index is 11.9. The standard InChI is InChI=1S/C38H64O6/c1-4-6-22-28-35(39)29-24-19-15-10-8-7-9-11-16-20-25-30-37(41)43-32-36(40)33-44-38(42)31-26-21-17-13-12-14-18-23-27-34(3)5-2/h7-8,11,15-16,19,24,29,34,36,40H,4-6,9-10,12-14,17-18,20-23,25-28,30-33H2,1-3H3/b8-7-,16-11-,19-15-,29-24+/t34?,36-/m1/s1. The highest BCUT2D eigenvalue weighted by molar-refractivity contribution is 5.89. The fraction of sp³-hybridized carbons (Fsp3) is 0.711. The molecule has 0 amide bonds. The van der Waals surface area contributed by atoms with Crippen molar-refractivity contribution in [2.75, 3.05) is 13.2 Å². The molecule has 1 unspecified atom stereocenters. The number of ether oxygens (including phenoxy) is 2. The van der Waals surface area contributed by atoms with Crippen LogP contribution in [0.1, 0.15) is 149 Å². The summed E-state index contributed by atoms with van der Waals surface area (Å²) in [5, 5.41) is 9.96. The van der Waals surface area contributed by atoms with Gasteiger partial charge in [0.1, 0.15) is 19.3 Å².